The van der Waals surface area contributed by atoms with E-state index in [1.54, 1.807) is 0 Å². The number of furan rings is 2. The van der Waals surface area contributed by atoms with Crippen LogP contribution in [0.4, 0.5) is 13.2 Å². The number of nitrogens with zero attached hydrogens (tertiary/aromatic N) is 1. The Labute approximate surface area is 107 Å². The summed E-state index contributed by atoms with van der Waals surface area (Å²) in [5.74, 6) is -2.65. The summed E-state index contributed by atoms with van der Waals surface area (Å²) in [5, 5.41) is -0.441. The Balaban J connectivity index is 2.02. The molecule has 1 aliphatic rings. The van der Waals surface area contributed by atoms with Crippen LogP contribution in [0.3, 0.4) is 0 Å². The molecule has 0 unspecified atom stereocenters. The zero-order valence-corrected chi connectivity index (χ0v) is 9.91. The summed E-state index contributed by atoms with van der Waals surface area (Å²) in [4.78, 5) is 23.5. The Morgan fingerprint density at radius 1 is 1.05 bits per heavy atom. The molecule has 0 N–H and O–H groups in total. The van der Waals surface area contributed by atoms with Crippen molar-refractivity contribution >= 4 is 33.1 Å². The number of hydroxylamine groups is 2. The molecule has 2 bridgehead atoms. The third kappa shape index (κ3) is 1.47. The third-order valence-corrected chi connectivity index (χ3v) is 3.51. The lowest BCUT2D eigenvalue weighted by Crippen LogP contribution is -2.38. The number of amides is 2. The first-order valence-electron chi connectivity index (χ1n) is 4.88. The van der Waals surface area contributed by atoms with Crippen molar-refractivity contribution in [1.82, 2.24) is 5.06 Å². The zero-order valence-electron chi connectivity index (χ0n) is 9.09. The summed E-state index contributed by atoms with van der Waals surface area (Å²) in [6.07, 6.45) is 0. The summed E-state index contributed by atoms with van der Waals surface area (Å²) >= 11 is 0. The van der Waals surface area contributed by atoms with Gasteiger partial charge in [0.25, 0.3) is 11.8 Å². The maximum Gasteiger partial charge on any atom is 0.525 e. The van der Waals surface area contributed by atoms with E-state index in [4.69, 9.17) is 4.42 Å². The lowest BCUT2D eigenvalue weighted by atomic mass is 10.1. The lowest BCUT2D eigenvalue weighted by Gasteiger charge is -2.14. The molecule has 2 aromatic rings. The topological polar surface area (TPSA) is 93.9 Å². The average Bonchev–Trinajstić information content (AvgIpc) is 2.97. The first kappa shape index (κ1) is 12.9. The van der Waals surface area contributed by atoms with Gasteiger partial charge >= 0.3 is 15.6 Å². The number of benzene rings is 1. The Kier molecular flexibility index (Phi) is 2.25. The standard InChI is InChI=1S/C9H2F3NO6S/c10-9(11,12)20(16,17)19-13-7(14)5-3-1-2-4(18-3)6(5)8(13)15/h1-2H. The van der Waals surface area contributed by atoms with Crippen LogP contribution < -0.4 is 0 Å². The fraction of sp³-hybridized carbons (Fsp3) is 0.111. The second-order valence-corrected chi connectivity index (χ2v) is 5.31. The molecular formula is C9H2F3NO6S. The van der Waals surface area contributed by atoms with Crippen LogP contribution in [0, 0.1) is 0 Å². The van der Waals surface area contributed by atoms with E-state index >= 15 is 0 Å². The molecule has 2 aromatic heterocycles. The number of carbonyl (C=O) groups is 2. The Hall–Kier alpha value is -2.14. The first-order valence-corrected chi connectivity index (χ1v) is 6.29. The van der Waals surface area contributed by atoms with Gasteiger partial charge in [-0.25, -0.2) is 0 Å². The van der Waals surface area contributed by atoms with Crippen molar-refractivity contribution in [2.75, 3.05) is 0 Å². The van der Waals surface area contributed by atoms with Crippen LogP contribution in [0.15, 0.2) is 16.5 Å². The Morgan fingerprint density at radius 2 is 1.50 bits per heavy atom. The summed E-state index contributed by atoms with van der Waals surface area (Å²) in [6.45, 7) is 0. The van der Waals surface area contributed by atoms with E-state index in [2.05, 4.69) is 4.28 Å². The smallest absolute Gasteiger partial charge is 0.456 e. The van der Waals surface area contributed by atoms with Crippen LogP contribution in [-0.4, -0.2) is 30.8 Å². The molecule has 3 rings (SSSR count). The van der Waals surface area contributed by atoms with Crippen molar-refractivity contribution in [2.45, 2.75) is 5.51 Å². The van der Waals surface area contributed by atoms with Gasteiger partial charge in [-0.15, -0.1) is 9.35 Å². The molecule has 11 heteroatoms. The molecule has 3 heterocycles. The predicted molar refractivity (Wildman–Crippen MR) is 54.0 cm³/mol. The summed E-state index contributed by atoms with van der Waals surface area (Å²) in [5.41, 5.74) is -6.46. The van der Waals surface area contributed by atoms with Gasteiger partial charge in [0.1, 0.15) is 22.3 Å². The van der Waals surface area contributed by atoms with E-state index < -0.39 is 32.5 Å². The van der Waals surface area contributed by atoms with Crippen molar-refractivity contribution in [2.24, 2.45) is 0 Å². The second-order valence-electron chi connectivity index (χ2n) is 3.79. The van der Waals surface area contributed by atoms with Gasteiger partial charge in [0.05, 0.1) is 0 Å². The molecule has 0 aliphatic carbocycles. The highest BCUT2D eigenvalue weighted by Crippen LogP contribution is 2.37. The Bertz CT molecular complexity index is 791. The molecule has 2 amide bonds. The maximum atomic E-state index is 12.2. The Morgan fingerprint density at radius 3 is 1.90 bits per heavy atom. The summed E-state index contributed by atoms with van der Waals surface area (Å²) in [7, 11) is -6.11. The highest BCUT2D eigenvalue weighted by atomic mass is 32.2. The van der Waals surface area contributed by atoms with E-state index in [1.165, 1.54) is 12.1 Å². The molecule has 7 nitrogen and oxygen atoms in total. The van der Waals surface area contributed by atoms with Gasteiger partial charge in [0.15, 0.2) is 0 Å². The lowest BCUT2D eigenvalue weighted by molar-refractivity contribution is -0.0748. The fourth-order valence-corrected chi connectivity index (χ4v) is 2.20. The highest BCUT2D eigenvalue weighted by molar-refractivity contribution is 7.87. The summed E-state index contributed by atoms with van der Waals surface area (Å²) < 4.78 is 66.7. The van der Waals surface area contributed by atoms with Gasteiger partial charge in [0, 0.05) is 0 Å². The minimum Gasteiger partial charge on any atom is -0.456 e. The van der Waals surface area contributed by atoms with Gasteiger partial charge in [-0.05, 0) is 12.1 Å². The molecule has 0 aromatic carbocycles. The largest absolute Gasteiger partial charge is 0.525 e. The van der Waals surface area contributed by atoms with E-state index in [0.29, 0.717) is 0 Å². The maximum absolute atomic E-state index is 12.2. The molecule has 1 aliphatic heterocycles. The zero-order chi connectivity index (χ0) is 14.9. The van der Waals surface area contributed by atoms with Gasteiger partial charge in [-0.1, -0.05) is 0 Å². The molecule has 0 radical (unpaired) electrons. The van der Waals surface area contributed by atoms with Gasteiger partial charge < -0.3 is 4.42 Å². The van der Waals surface area contributed by atoms with Gasteiger partial charge in [0.2, 0.25) is 0 Å². The van der Waals surface area contributed by atoms with E-state index in [0.717, 1.165) is 0 Å². The first-order chi connectivity index (χ1) is 9.13. The number of rotatable bonds is 2. The van der Waals surface area contributed by atoms with Crippen LogP contribution in [0.5, 0.6) is 0 Å². The van der Waals surface area contributed by atoms with Crippen molar-refractivity contribution in [3.63, 3.8) is 0 Å². The normalized spacial score (nSPS) is 16.4. The number of hydrogen-bond acceptors (Lipinski definition) is 6. The number of halogens is 3. The van der Waals surface area contributed by atoms with Crippen molar-refractivity contribution in [3.8, 4) is 0 Å². The minimum absolute atomic E-state index is 0.0381. The molecule has 0 fully saturated rings. The van der Waals surface area contributed by atoms with Crippen molar-refractivity contribution in [3.05, 3.63) is 23.3 Å². The third-order valence-electron chi connectivity index (χ3n) is 2.60. The van der Waals surface area contributed by atoms with Crippen molar-refractivity contribution in [1.29, 1.82) is 0 Å². The molecule has 0 atom stereocenters. The summed E-state index contributed by atoms with van der Waals surface area (Å²) in [6, 6.07) is 2.64. The van der Waals surface area contributed by atoms with Crippen molar-refractivity contribution < 1.29 is 39.9 Å². The predicted octanol–water partition coefficient (Wildman–Crippen LogP) is 1.25. The van der Waals surface area contributed by atoms with Gasteiger partial charge in [-0.2, -0.15) is 21.6 Å². The van der Waals surface area contributed by atoms with Crippen LogP contribution >= 0.6 is 0 Å². The van der Waals surface area contributed by atoms with E-state index in [9.17, 15) is 31.2 Å². The number of alkyl halides is 3. The van der Waals surface area contributed by atoms with E-state index in [1.807, 2.05) is 0 Å². The molecule has 106 valence electrons. The van der Waals surface area contributed by atoms with Crippen LogP contribution in [0.25, 0.3) is 11.2 Å². The van der Waals surface area contributed by atoms with Crippen LogP contribution in [-0.2, 0) is 14.4 Å². The minimum atomic E-state index is -6.11. The van der Waals surface area contributed by atoms with E-state index in [-0.39, 0.29) is 22.3 Å². The number of fused-ring (bicyclic) bond motifs is 5. The van der Waals surface area contributed by atoms with Gasteiger partial charge in [-0.3, -0.25) is 9.59 Å². The highest BCUT2D eigenvalue weighted by Gasteiger charge is 2.53. The quantitative estimate of drug-likeness (QED) is 0.612. The molecule has 0 saturated heterocycles. The number of carbonyl (C=O) groups excluding carboxylic acids is 2. The molecular weight excluding hydrogens is 307 g/mol. The fourth-order valence-electron chi connectivity index (χ4n) is 1.78. The molecule has 20 heavy (non-hydrogen) atoms. The molecule has 0 saturated carbocycles. The van der Waals surface area contributed by atoms with Crippen LogP contribution in [0.2, 0.25) is 0 Å². The second kappa shape index (κ2) is 3.49. The monoisotopic (exact) mass is 309 g/mol. The average molecular weight is 309 g/mol. The molecule has 0 spiro atoms. The number of hydrogen-bond donors (Lipinski definition) is 0. The number of imide groups is 1. The van der Waals surface area contributed by atoms with Crippen LogP contribution in [0.1, 0.15) is 20.7 Å². The SMILES string of the molecule is O=C1c2c(c3ccc2o3)C(=O)N1OS(=O)(=O)C(F)(F)F.